The second-order valence-electron chi connectivity index (χ2n) is 7.92. The van der Waals surface area contributed by atoms with E-state index in [1.54, 1.807) is 30.3 Å². The van der Waals surface area contributed by atoms with Crippen molar-refractivity contribution in [2.24, 2.45) is 5.73 Å². The molecule has 10 heteroatoms. The largest absolute Gasteiger partial charge is 0.478 e. The molecule has 1 saturated carbocycles. The molecule has 1 fully saturated rings. The van der Waals surface area contributed by atoms with Gasteiger partial charge < -0.3 is 10.8 Å². The molecule has 4 rings (SSSR count). The van der Waals surface area contributed by atoms with Gasteiger partial charge in [0.05, 0.1) is 10.5 Å². The first-order valence-electron chi connectivity index (χ1n) is 10.9. The summed E-state index contributed by atoms with van der Waals surface area (Å²) in [5.74, 6) is -1.18. The summed E-state index contributed by atoms with van der Waals surface area (Å²) in [6, 6.07) is 12.7. The summed E-state index contributed by atoms with van der Waals surface area (Å²) in [5, 5.41) is 8.65. The van der Waals surface area contributed by atoms with E-state index < -0.39 is 16.0 Å². The van der Waals surface area contributed by atoms with Gasteiger partial charge in [-0.3, -0.25) is 0 Å². The quantitative estimate of drug-likeness (QED) is 0.483. The van der Waals surface area contributed by atoms with Crippen LogP contribution in [0.3, 0.4) is 0 Å². The van der Waals surface area contributed by atoms with E-state index in [1.807, 2.05) is 6.07 Å². The van der Waals surface area contributed by atoms with Gasteiger partial charge in [0.2, 0.25) is 10.0 Å². The molecule has 3 aromatic rings. The molecule has 34 heavy (non-hydrogen) atoms. The molecule has 0 saturated heterocycles. The minimum Gasteiger partial charge on any atom is -0.478 e. The maximum Gasteiger partial charge on any atom is 0.338 e. The number of benzene rings is 2. The first-order valence-corrected chi connectivity index (χ1v) is 12.4. The van der Waals surface area contributed by atoms with Gasteiger partial charge in [-0.15, -0.1) is 0 Å². The predicted molar refractivity (Wildman–Crippen MR) is 126 cm³/mol. The van der Waals surface area contributed by atoms with Gasteiger partial charge in [0.1, 0.15) is 5.82 Å². The number of aromatic carboxylic acids is 1. The zero-order chi connectivity index (χ0) is 24.6. The molecule has 0 aliphatic heterocycles. The summed E-state index contributed by atoms with van der Waals surface area (Å²) in [7, 11) is -3.40. The van der Waals surface area contributed by atoms with E-state index >= 15 is 0 Å². The van der Waals surface area contributed by atoms with Gasteiger partial charge in [-0.05, 0) is 42.7 Å². The number of hydrogen-bond acceptors (Lipinski definition) is 6. The fourth-order valence-electron chi connectivity index (χ4n) is 3.56. The topological polar surface area (TPSA) is 135 Å². The molecule has 1 aromatic heterocycles. The van der Waals surface area contributed by atoms with Crippen LogP contribution in [0.25, 0.3) is 11.4 Å². The molecule has 1 aliphatic carbocycles. The van der Waals surface area contributed by atoms with Crippen molar-refractivity contribution in [1.29, 1.82) is 0 Å². The number of carbonyl (C=O) groups is 1. The van der Waals surface area contributed by atoms with Crippen molar-refractivity contribution in [3.8, 4) is 11.4 Å². The van der Waals surface area contributed by atoms with Gasteiger partial charge in [0.25, 0.3) is 0 Å². The van der Waals surface area contributed by atoms with Crippen LogP contribution in [-0.2, 0) is 16.6 Å². The fraction of sp³-hybridized carbons (Fsp3) is 0.292. The Kier molecular flexibility index (Phi) is 8.80. The van der Waals surface area contributed by atoms with E-state index in [-0.39, 0.29) is 17.4 Å². The van der Waals surface area contributed by atoms with Gasteiger partial charge in [0.15, 0.2) is 5.82 Å². The normalized spacial score (nSPS) is 14.2. The van der Waals surface area contributed by atoms with Gasteiger partial charge >= 0.3 is 5.97 Å². The van der Waals surface area contributed by atoms with E-state index in [4.69, 9.17) is 10.8 Å². The van der Waals surface area contributed by atoms with Crippen molar-refractivity contribution in [3.05, 3.63) is 77.9 Å². The highest BCUT2D eigenvalue weighted by molar-refractivity contribution is 7.89. The van der Waals surface area contributed by atoms with Crippen molar-refractivity contribution in [3.63, 3.8) is 0 Å². The standard InChI is InChI=1S/C13H20N2O2S.C11H7FN2O2/c14-10-11-5-4-8-13(9-11)18(16,17)15-12-6-2-1-3-7-12;12-9-3-1-2-7(4-9)10-13-5-8(6-14-10)11(15)16/h4-5,8-9,12,15H,1-3,6-7,10,14H2;1-6H,(H,15,16). The molecule has 180 valence electrons. The van der Waals surface area contributed by atoms with E-state index in [2.05, 4.69) is 14.7 Å². The van der Waals surface area contributed by atoms with Crippen molar-refractivity contribution in [1.82, 2.24) is 14.7 Å². The number of nitrogens with one attached hydrogen (secondary N) is 1. The molecule has 0 unspecified atom stereocenters. The molecule has 1 aliphatic rings. The molecule has 2 aromatic carbocycles. The van der Waals surface area contributed by atoms with Crippen LogP contribution < -0.4 is 10.5 Å². The Hall–Kier alpha value is -3.21. The second-order valence-corrected chi connectivity index (χ2v) is 9.63. The fourth-order valence-corrected chi connectivity index (χ4v) is 4.94. The van der Waals surface area contributed by atoms with Crippen LogP contribution >= 0.6 is 0 Å². The van der Waals surface area contributed by atoms with E-state index in [9.17, 15) is 17.6 Å². The third-order valence-electron chi connectivity index (χ3n) is 5.35. The summed E-state index contributed by atoms with van der Waals surface area (Å²) in [6.07, 6.45) is 7.68. The highest BCUT2D eigenvalue weighted by Crippen LogP contribution is 2.20. The molecular weight excluding hydrogens is 459 g/mol. The summed E-state index contributed by atoms with van der Waals surface area (Å²) in [5.41, 5.74) is 6.88. The number of carboxylic acid groups (broad SMARTS) is 1. The number of carboxylic acids is 1. The molecule has 0 radical (unpaired) electrons. The Morgan fingerprint density at radius 3 is 2.35 bits per heavy atom. The lowest BCUT2D eigenvalue weighted by Crippen LogP contribution is -2.36. The van der Waals surface area contributed by atoms with Crippen LogP contribution in [0.4, 0.5) is 4.39 Å². The van der Waals surface area contributed by atoms with Crippen molar-refractivity contribution >= 4 is 16.0 Å². The Balaban J connectivity index is 0.000000192. The first kappa shape index (κ1) is 25.4. The first-order chi connectivity index (χ1) is 16.3. The molecular formula is C24H27FN4O4S. The molecule has 4 N–H and O–H groups in total. The number of nitrogens with zero attached hydrogens (tertiary/aromatic N) is 2. The van der Waals surface area contributed by atoms with E-state index in [1.165, 1.54) is 30.9 Å². The Bertz CT molecular complexity index is 1210. The van der Waals surface area contributed by atoms with Crippen LogP contribution in [0.2, 0.25) is 0 Å². The molecule has 1 heterocycles. The van der Waals surface area contributed by atoms with Crippen molar-refractivity contribution in [2.45, 2.75) is 49.6 Å². The highest BCUT2D eigenvalue weighted by Gasteiger charge is 2.21. The SMILES string of the molecule is NCc1cccc(S(=O)(=O)NC2CCCCC2)c1.O=C(O)c1cnc(-c2cccc(F)c2)nc1. The molecule has 0 bridgehead atoms. The zero-order valence-electron chi connectivity index (χ0n) is 18.5. The monoisotopic (exact) mass is 486 g/mol. The summed E-state index contributed by atoms with van der Waals surface area (Å²) in [6.45, 7) is 0.354. The Labute approximate surface area is 198 Å². The summed E-state index contributed by atoms with van der Waals surface area (Å²) >= 11 is 0. The number of rotatable bonds is 6. The second kappa shape index (κ2) is 11.8. The third-order valence-corrected chi connectivity index (χ3v) is 6.87. The summed E-state index contributed by atoms with van der Waals surface area (Å²) < 4.78 is 40.1. The lowest BCUT2D eigenvalue weighted by Gasteiger charge is -2.22. The van der Waals surface area contributed by atoms with Crippen LogP contribution in [0.15, 0.2) is 65.8 Å². The molecule has 0 amide bonds. The van der Waals surface area contributed by atoms with Crippen LogP contribution in [0, 0.1) is 5.82 Å². The number of halogens is 1. The third kappa shape index (κ3) is 7.14. The zero-order valence-corrected chi connectivity index (χ0v) is 19.3. The number of aromatic nitrogens is 2. The van der Waals surface area contributed by atoms with Crippen LogP contribution in [0.5, 0.6) is 0 Å². The van der Waals surface area contributed by atoms with Crippen molar-refractivity contribution in [2.75, 3.05) is 0 Å². The lowest BCUT2D eigenvalue weighted by atomic mass is 9.96. The minimum absolute atomic E-state index is 0.000142. The number of nitrogens with two attached hydrogens (primary N) is 1. The number of hydrogen-bond donors (Lipinski definition) is 3. The van der Waals surface area contributed by atoms with Crippen LogP contribution in [-0.4, -0.2) is 35.5 Å². The minimum atomic E-state index is -3.40. The maximum atomic E-state index is 12.9. The average Bonchev–Trinajstić information content (AvgIpc) is 2.85. The van der Waals surface area contributed by atoms with Gasteiger partial charge in [-0.1, -0.05) is 43.5 Å². The van der Waals surface area contributed by atoms with Gasteiger partial charge in [-0.2, -0.15) is 0 Å². The van der Waals surface area contributed by atoms with E-state index in [0.29, 0.717) is 22.8 Å². The summed E-state index contributed by atoms with van der Waals surface area (Å²) in [4.78, 5) is 18.6. The molecule has 0 atom stereocenters. The van der Waals surface area contributed by atoms with Crippen molar-refractivity contribution < 1.29 is 22.7 Å². The average molecular weight is 487 g/mol. The van der Waals surface area contributed by atoms with Gasteiger partial charge in [-0.25, -0.2) is 32.3 Å². The van der Waals surface area contributed by atoms with E-state index in [0.717, 1.165) is 31.2 Å². The Morgan fingerprint density at radius 2 is 1.74 bits per heavy atom. The maximum absolute atomic E-state index is 12.9. The van der Waals surface area contributed by atoms with Gasteiger partial charge in [0, 0.05) is 30.5 Å². The van der Waals surface area contributed by atoms with Crippen LogP contribution in [0.1, 0.15) is 48.0 Å². The molecule has 8 nitrogen and oxygen atoms in total. The Morgan fingerprint density at radius 1 is 1.06 bits per heavy atom. The predicted octanol–water partition coefficient (Wildman–Crippen LogP) is 3.74. The highest BCUT2D eigenvalue weighted by atomic mass is 32.2. The number of sulfonamides is 1. The molecule has 0 spiro atoms. The lowest BCUT2D eigenvalue weighted by molar-refractivity contribution is 0.0696. The smallest absolute Gasteiger partial charge is 0.338 e.